The van der Waals surface area contributed by atoms with E-state index in [9.17, 15) is 4.79 Å². The van der Waals surface area contributed by atoms with E-state index >= 15 is 0 Å². The van der Waals surface area contributed by atoms with Crippen molar-refractivity contribution >= 4 is 5.78 Å². The molecule has 0 aliphatic heterocycles. The molecule has 0 fully saturated rings. The van der Waals surface area contributed by atoms with Crippen LogP contribution in [0, 0.1) is 0 Å². The van der Waals surface area contributed by atoms with E-state index < -0.39 is 0 Å². The molecule has 0 unspecified atom stereocenters. The van der Waals surface area contributed by atoms with E-state index in [-0.39, 0.29) is 12.6 Å². The molecule has 0 saturated heterocycles. The molecule has 0 aliphatic carbocycles. The second-order valence-electron chi connectivity index (χ2n) is 1.92. The SMILES string of the molecule is COCOC(C)=CC(C)=O. The van der Waals surface area contributed by atoms with Gasteiger partial charge in [-0.25, -0.2) is 0 Å². The molecule has 0 saturated carbocycles. The van der Waals surface area contributed by atoms with Gasteiger partial charge in [-0.05, 0) is 13.8 Å². The Bertz CT molecular complexity index is 138. The fraction of sp³-hybridized carbons (Fsp3) is 0.571. The molecule has 0 aromatic rings. The van der Waals surface area contributed by atoms with E-state index in [1.807, 2.05) is 0 Å². The second kappa shape index (κ2) is 4.99. The topological polar surface area (TPSA) is 35.5 Å². The summed E-state index contributed by atoms with van der Waals surface area (Å²) < 4.78 is 9.54. The van der Waals surface area contributed by atoms with Crippen LogP contribution < -0.4 is 0 Å². The van der Waals surface area contributed by atoms with E-state index in [0.29, 0.717) is 5.76 Å². The summed E-state index contributed by atoms with van der Waals surface area (Å²) in [5.74, 6) is 0.558. The summed E-state index contributed by atoms with van der Waals surface area (Å²) in [6.07, 6.45) is 1.42. The maximum Gasteiger partial charge on any atom is 0.188 e. The highest BCUT2D eigenvalue weighted by molar-refractivity contribution is 5.87. The number of methoxy groups -OCH3 is 1. The van der Waals surface area contributed by atoms with Crippen molar-refractivity contribution in [2.75, 3.05) is 13.9 Å². The van der Waals surface area contributed by atoms with Crippen molar-refractivity contribution in [2.24, 2.45) is 0 Å². The van der Waals surface area contributed by atoms with Gasteiger partial charge in [-0.3, -0.25) is 4.79 Å². The number of carbonyl (C=O) groups is 1. The Morgan fingerprint density at radius 1 is 1.50 bits per heavy atom. The van der Waals surface area contributed by atoms with Crippen LogP contribution in [0.2, 0.25) is 0 Å². The van der Waals surface area contributed by atoms with Crippen LogP contribution in [0.4, 0.5) is 0 Å². The van der Waals surface area contributed by atoms with Crippen molar-refractivity contribution in [3.05, 3.63) is 11.8 Å². The standard InChI is InChI=1S/C7H12O3/c1-6(8)4-7(2)10-5-9-3/h4H,5H2,1-3H3. The van der Waals surface area contributed by atoms with Crippen LogP contribution in [0.25, 0.3) is 0 Å². The van der Waals surface area contributed by atoms with Gasteiger partial charge in [0, 0.05) is 13.2 Å². The molecular weight excluding hydrogens is 132 g/mol. The molecule has 58 valence electrons. The van der Waals surface area contributed by atoms with E-state index in [1.54, 1.807) is 6.92 Å². The highest BCUT2D eigenvalue weighted by Crippen LogP contribution is 1.94. The Balaban J connectivity index is 3.60. The quantitative estimate of drug-likeness (QED) is 0.336. The monoisotopic (exact) mass is 144 g/mol. The molecule has 10 heavy (non-hydrogen) atoms. The lowest BCUT2D eigenvalue weighted by Gasteiger charge is -2.02. The fourth-order valence-electron chi connectivity index (χ4n) is 0.480. The van der Waals surface area contributed by atoms with E-state index in [0.717, 1.165) is 0 Å². The lowest BCUT2D eigenvalue weighted by Crippen LogP contribution is -1.95. The Kier molecular flexibility index (Phi) is 4.58. The lowest BCUT2D eigenvalue weighted by molar-refractivity contribution is -0.112. The largest absolute Gasteiger partial charge is 0.472 e. The summed E-state index contributed by atoms with van der Waals surface area (Å²) in [7, 11) is 1.53. The molecule has 0 heterocycles. The molecule has 0 aliphatic rings. The molecule has 0 N–H and O–H groups in total. The van der Waals surface area contributed by atoms with Gasteiger partial charge in [0.15, 0.2) is 12.6 Å². The first-order chi connectivity index (χ1) is 4.66. The van der Waals surface area contributed by atoms with Crippen molar-refractivity contribution in [2.45, 2.75) is 13.8 Å². The van der Waals surface area contributed by atoms with Crippen LogP contribution in [0.3, 0.4) is 0 Å². The zero-order valence-electron chi connectivity index (χ0n) is 6.51. The molecule has 3 nitrogen and oxygen atoms in total. The van der Waals surface area contributed by atoms with Gasteiger partial charge < -0.3 is 9.47 Å². The maximum absolute atomic E-state index is 10.4. The Hall–Kier alpha value is -0.830. The predicted molar refractivity (Wildman–Crippen MR) is 37.4 cm³/mol. The molecule has 0 amide bonds. The van der Waals surface area contributed by atoms with Gasteiger partial charge in [0.25, 0.3) is 0 Å². The van der Waals surface area contributed by atoms with Gasteiger partial charge in [0.2, 0.25) is 0 Å². The molecule has 0 aromatic heterocycles. The Morgan fingerprint density at radius 3 is 2.50 bits per heavy atom. The zero-order chi connectivity index (χ0) is 7.98. The van der Waals surface area contributed by atoms with Gasteiger partial charge in [0.05, 0.1) is 5.76 Å². The third-order valence-electron chi connectivity index (χ3n) is 0.811. The third-order valence-corrected chi connectivity index (χ3v) is 0.811. The van der Waals surface area contributed by atoms with Crippen LogP contribution in [0.5, 0.6) is 0 Å². The van der Waals surface area contributed by atoms with Gasteiger partial charge in [-0.1, -0.05) is 0 Å². The Morgan fingerprint density at radius 2 is 2.10 bits per heavy atom. The second-order valence-corrected chi connectivity index (χ2v) is 1.92. The van der Waals surface area contributed by atoms with Crippen LogP contribution in [0.1, 0.15) is 13.8 Å². The highest BCUT2D eigenvalue weighted by Gasteiger charge is 1.90. The van der Waals surface area contributed by atoms with Crippen molar-refractivity contribution in [1.82, 2.24) is 0 Å². The normalized spacial score (nSPS) is 11.3. The molecule has 0 rings (SSSR count). The fourth-order valence-corrected chi connectivity index (χ4v) is 0.480. The molecule has 0 atom stereocenters. The number of hydrogen-bond donors (Lipinski definition) is 0. The number of carbonyl (C=O) groups excluding carboxylic acids is 1. The number of hydrogen-bond acceptors (Lipinski definition) is 3. The summed E-state index contributed by atoms with van der Waals surface area (Å²) in [5, 5.41) is 0. The summed E-state index contributed by atoms with van der Waals surface area (Å²) in [6.45, 7) is 3.37. The summed E-state index contributed by atoms with van der Waals surface area (Å²) in [5.41, 5.74) is 0. The molecular formula is C7H12O3. The summed E-state index contributed by atoms with van der Waals surface area (Å²) >= 11 is 0. The number of ether oxygens (including phenoxy) is 2. The number of rotatable bonds is 4. The molecule has 0 aromatic carbocycles. The first-order valence-electron chi connectivity index (χ1n) is 2.97. The molecule has 0 radical (unpaired) electrons. The number of ketones is 1. The average Bonchev–Trinajstić information content (AvgIpc) is 1.82. The van der Waals surface area contributed by atoms with Gasteiger partial charge in [-0.15, -0.1) is 0 Å². The van der Waals surface area contributed by atoms with Crippen molar-refractivity contribution < 1.29 is 14.3 Å². The van der Waals surface area contributed by atoms with Crippen molar-refractivity contribution in [1.29, 1.82) is 0 Å². The van der Waals surface area contributed by atoms with E-state index in [4.69, 9.17) is 4.74 Å². The zero-order valence-corrected chi connectivity index (χ0v) is 6.51. The first-order valence-corrected chi connectivity index (χ1v) is 2.97. The summed E-state index contributed by atoms with van der Waals surface area (Å²) in [6, 6.07) is 0. The molecule has 0 bridgehead atoms. The van der Waals surface area contributed by atoms with Crippen molar-refractivity contribution in [3.63, 3.8) is 0 Å². The number of allylic oxidation sites excluding steroid dienone is 2. The minimum absolute atomic E-state index is 0.0198. The third kappa shape index (κ3) is 5.31. The predicted octanol–water partition coefficient (Wildman–Crippen LogP) is 1.10. The minimum atomic E-state index is -0.0198. The summed E-state index contributed by atoms with van der Waals surface area (Å²) in [4.78, 5) is 10.4. The van der Waals surface area contributed by atoms with E-state index in [1.165, 1.54) is 20.1 Å². The highest BCUT2D eigenvalue weighted by atomic mass is 16.7. The van der Waals surface area contributed by atoms with Gasteiger partial charge in [-0.2, -0.15) is 0 Å². The molecule has 3 heteroatoms. The Labute approximate surface area is 60.6 Å². The maximum atomic E-state index is 10.4. The minimum Gasteiger partial charge on any atom is -0.472 e. The smallest absolute Gasteiger partial charge is 0.188 e. The lowest BCUT2D eigenvalue weighted by atomic mass is 10.4. The first kappa shape index (κ1) is 9.17. The van der Waals surface area contributed by atoms with Gasteiger partial charge >= 0.3 is 0 Å². The average molecular weight is 144 g/mol. The molecule has 0 spiro atoms. The van der Waals surface area contributed by atoms with Gasteiger partial charge in [0.1, 0.15) is 0 Å². The van der Waals surface area contributed by atoms with Crippen LogP contribution in [-0.4, -0.2) is 19.7 Å². The van der Waals surface area contributed by atoms with Crippen LogP contribution in [0.15, 0.2) is 11.8 Å². The van der Waals surface area contributed by atoms with E-state index in [2.05, 4.69) is 4.74 Å². The van der Waals surface area contributed by atoms with Crippen LogP contribution in [-0.2, 0) is 14.3 Å². The van der Waals surface area contributed by atoms with Crippen molar-refractivity contribution in [3.8, 4) is 0 Å². The van der Waals surface area contributed by atoms with Crippen LogP contribution >= 0.6 is 0 Å².